The molecule has 12 saturated heterocycles. The molecule has 32 rings (SSSR count). The summed E-state index contributed by atoms with van der Waals surface area (Å²) < 4.78 is 205. The minimum Gasteiger partial charge on any atom is -0.373 e. The molecule has 14 saturated carbocycles. The van der Waals surface area contributed by atoms with Gasteiger partial charge in [-0.25, -0.2) is 0 Å². The summed E-state index contributed by atoms with van der Waals surface area (Å²) in [7, 11) is -64.9. The van der Waals surface area contributed by atoms with E-state index in [1.165, 1.54) is 0 Å². The smallest absolute Gasteiger partial charge is 0.373 e. The Morgan fingerprint density at radius 1 is 0.167 bits per heavy atom. The lowest BCUT2D eigenvalue weighted by Crippen LogP contribution is -2.91. The van der Waals surface area contributed by atoms with E-state index in [4.69, 9.17) is 110 Å². The standard InChI is InChI=1S/C53H77NO12Si8.C41H67ClO12Si8.C12H11N.B/c1-3-21-43(22-4-1)54(44-23-5-2-6-24-44)45-39-41-53(42-40-45)74-64-71(50-33-15-16-34-50)58-68(47-27-9-10-28-47)55-67(46-25-7-8-26-46)56-69(60-71,48-29-11-12-30-48)62-73(66-74,52-37-19-20-38-52)63-70(57-67,49-31-13-14-32-49)61-72(59-68,65-74)51-35-17-18-36-51;42-33-29-31-41(32-30-33)62-52-59(38-23-9-10-24-38)46-56(35-17-3-4-18-35)43-55(34-15-1-2-16-34)44-57(48-59,36-19-5-6-20-36)50-61(54-62,40-27-13-14-28-40)51-58(45-55,37-21-7-8-22-37)49-60(47-56,53-62)39-25-11-12-26-39;1-3-7-11(8-4-1)13-12-9-5-2-6-10-12;/h1-6,21-24,39-42,46-52H,7-20,25-38H2;29-32,34-40H,1-28H2;1-10,13H;. The van der Waals surface area contributed by atoms with E-state index in [1.54, 1.807) is 0 Å². The van der Waals surface area contributed by atoms with Crippen LogP contribution in [0.3, 0.4) is 0 Å². The quantitative estimate of drug-likeness (QED) is 0.0659. The molecule has 0 atom stereocenters. The molecule has 0 unspecified atom stereocenters. The van der Waals surface area contributed by atoms with E-state index < -0.39 is 141 Å². The van der Waals surface area contributed by atoms with E-state index in [9.17, 15) is 0 Å². The first-order chi connectivity index (χ1) is 72.9. The van der Waals surface area contributed by atoms with Crippen LogP contribution in [0.4, 0.5) is 28.4 Å². The first-order valence-corrected chi connectivity index (χ1v) is 88.5. The van der Waals surface area contributed by atoms with Crippen molar-refractivity contribution in [1.82, 2.24) is 0 Å². The molecule has 44 heteroatoms. The van der Waals surface area contributed by atoms with Gasteiger partial charge in [-0.1, -0.05) is 288 Å². The summed E-state index contributed by atoms with van der Waals surface area (Å²) in [5, 5.41) is 5.65. The number of nitrogens with one attached hydrogen (secondary N) is 1. The Balaban J connectivity index is 0.000000132. The first-order valence-electron chi connectivity index (χ1n) is 59.4. The van der Waals surface area contributed by atoms with E-state index in [1.807, 2.05) is 72.8 Å². The monoisotopic (exact) mass is 2330 g/mol. The summed E-state index contributed by atoms with van der Waals surface area (Å²) in [6, 6.07) is 58.5. The fourth-order valence-electron chi connectivity index (χ4n) is 31.7. The van der Waals surface area contributed by atoms with Crippen LogP contribution < -0.4 is 20.6 Å². The molecule has 0 amide bonds. The van der Waals surface area contributed by atoms with Crippen LogP contribution in [-0.2, 0) is 98.8 Å². The van der Waals surface area contributed by atoms with Crippen LogP contribution in [0.1, 0.15) is 360 Å². The lowest BCUT2D eigenvalue weighted by atomic mass is 10.2. The maximum absolute atomic E-state index is 8.65. The van der Waals surface area contributed by atoms with Gasteiger partial charge in [0, 0.05) is 130 Å². The molecule has 3 radical (unpaired) electrons. The van der Waals surface area contributed by atoms with Crippen molar-refractivity contribution in [3.63, 3.8) is 0 Å². The number of hydrogen-bond acceptors (Lipinski definition) is 26. The summed E-state index contributed by atoms with van der Waals surface area (Å²) in [4.78, 5) is 2.32. The van der Waals surface area contributed by atoms with Crippen LogP contribution in [0.2, 0.25) is 82.6 Å². The van der Waals surface area contributed by atoms with Gasteiger partial charge >= 0.3 is 141 Å². The Morgan fingerprint density at radius 2 is 0.300 bits per heavy atom. The second-order valence-electron chi connectivity index (χ2n) is 48.7. The molecule has 6 aromatic carbocycles. The van der Waals surface area contributed by atoms with Gasteiger partial charge in [0.05, 0.1) is 0 Å². The van der Waals surface area contributed by atoms with Crippen LogP contribution in [0.5, 0.6) is 0 Å². The number of hydrogen-bond donors (Lipinski definition) is 1. The van der Waals surface area contributed by atoms with Gasteiger partial charge in [0.25, 0.3) is 0 Å². The van der Waals surface area contributed by atoms with Crippen LogP contribution in [0.25, 0.3) is 0 Å². The van der Waals surface area contributed by atoms with Gasteiger partial charge < -0.3 is 109 Å². The lowest BCUT2D eigenvalue weighted by Gasteiger charge is -2.66. The predicted molar refractivity (Wildman–Crippen MR) is 603 cm³/mol. The van der Waals surface area contributed by atoms with Gasteiger partial charge in [-0.2, -0.15) is 0 Å². The summed E-state index contributed by atoms with van der Waals surface area (Å²) in [5.41, 5.74) is 5.56. The largest absolute Gasteiger partial charge is 0.515 e. The SMILES string of the molecule is Clc1ccc([Si]23O[Si]4(C5CCCC5)O[Si]5(C6CCCC6)O[Si](C6CCCC6)(O2)O[Si]2(C6CCCC6)O[Si](C6CCCC6)(O3)O[Si](C3CCCC3)(O4)O[Si](C3CCCC3)(O5)O2)cc1.[B].c1ccc(N(c2ccccc2)c2ccc([Si]34O[Si]5(C6CCCC6)O[Si]6(C7CCCC7)O[Si](C7CCCC7)(O3)O[Si]3(C7CCCC7)O[Si](C7CCCC7)(O4)O[Si](C4CCCC4)(O5)O[Si](C4CCCC4)(O6)O3)cc2)cc1.c1ccc(Nc2ccccc2)cc1. The van der Waals surface area contributed by atoms with Crippen molar-refractivity contribution >= 4 is 200 Å². The molecule has 26 fully saturated rings. The second kappa shape index (κ2) is 42.2. The van der Waals surface area contributed by atoms with E-state index in [-0.39, 0.29) is 86.0 Å². The highest BCUT2D eigenvalue weighted by atomic mass is 35.5. The third-order valence-corrected chi connectivity index (χ3v) is 118. The van der Waals surface area contributed by atoms with Gasteiger partial charge in [0.2, 0.25) is 0 Å². The van der Waals surface area contributed by atoms with Crippen LogP contribution >= 0.6 is 11.6 Å². The molecule has 150 heavy (non-hydrogen) atoms. The van der Waals surface area contributed by atoms with Crippen molar-refractivity contribution in [3.05, 3.63) is 175 Å². The van der Waals surface area contributed by atoms with E-state index >= 15 is 0 Å². The van der Waals surface area contributed by atoms with Crippen molar-refractivity contribution in [2.24, 2.45) is 0 Å². The van der Waals surface area contributed by atoms with Crippen molar-refractivity contribution in [1.29, 1.82) is 0 Å². The summed E-state index contributed by atoms with van der Waals surface area (Å²) in [6.07, 6.45) is 57.0. The number of halogens is 1. The molecule has 0 aromatic heterocycles. The molecule has 0 spiro atoms. The Bertz CT molecular complexity index is 5200. The van der Waals surface area contributed by atoms with E-state index in [0.717, 1.165) is 398 Å². The summed E-state index contributed by atoms with van der Waals surface area (Å²) in [6.45, 7) is 0. The molecule has 12 aliphatic heterocycles. The zero-order chi connectivity index (χ0) is 99.4. The van der Waals surface area contributed by atoms with Gasteiger partial charge in [-0.05, 0) is 253 Å². The van der Waals surface area contributed by atoms with Gasteiger partial charge in [0.1, 0.15) is 0 Å². The van der Waals surface area contributed by atoms with Gasteiger partial charge in [-0.15, -0.1) is 0 Å². The molecule has 12 heterocycles. The maximum atomic E-state index is 8.65. The highest BCUT2D eigenvalue weighted by Gasteiger charge is 2.93. The normalized spacial score (nSPS) is 41.0. The number of para-hydroxylation sites is 4. The van der Waals surface area contributed by atoms with Gasteiger partial charge in [0.15, 0.2) is 0 Å². The molecular formula is C106H155BClN2O24Si16. The third-order valence-electron chi connectivity index (χ3n) is 39.3. The van der Waals surface area contributed by atoms with E-state index in [2.05, 4.69) is 107 Å². The predicted octanol–water partition coefficient (Wildman–Crippen LogP) is 27.7. The minimum absolute atomic E-state index is 0. The van der Waals surface area contributed by atoms with Crippen molar-refractivity contribution < 1.29 is 98.8 Å². The fourth-order valence-corrected chi connectivity index (χ4v) is 143. The minimum atomic E-state index is -4.40. The summed E-state index contributed by atoms with van der Waals surface area (Å²) >= 11 is 6.76. The Hall–Kier alpha value is -2.21. The molecule has 16 bridgehead atoms. The van der Waals surface area contributed by atoms with Crippen LogP contribution in [0.15, 0.2) is 170 Å². The number of anilines is 5. The van der Waals surface area contributed by atoms with Gasteiger partial charge in [-0.3, -0.25) is 0 Å². The molecule has 14 aliphatic carbocycles. The number of rotatable bonds is 21. The van der Waals surface area contributed by atoms with Crippen molar-refractivity contribution in [3.8, 4) is 0 Å². The second-order valence-corrected chi connectivity index (χ2v) is 100. The topological polar surface area (TPSA) is 237 Å². The van der Waals surface area contributed by atoms with E-state index in [0.29, 0.717) is 5.02 Å². The Morgan fingerprint density at radius 3 is 0.460 bits per heavy atom. The highest BCUT2D eigenvalue weighted by molar-refractivity contribution is 7.09. The average Bonchev–Trinajstić information content (AvgIpc) is 1.11. The third kappa shape index (κ3) is 18.7. The zero-order valence-corrected chi connectivity index (χ0v) is 104. The molecule has 6 aromatic rings. The average molecular weight is 2340 g/mol. The maximum Gasteiger partial charge on any atom is 0.515 e. The molecule has 1 N–H and O–H groups in total. The van der Waals surface area contributed by atoms with Crippen molar-refractivity contribution in [2.45, 2.75) is 437 Å². The van der Waals surface area contributed by atoms with Crippen LogP contribution in [-0.4, -0.2) is 149 Å². The molecule has 26 aliphatic rings. The molecule has 26 nitrogen and oxygen atoms in total. The Labute approximate surface area is 913 Å². The fraction of sp³-hybridized carbons (Fsp3) is 0.660. The first kappa shape index (κ1) is 105. The molecular weight excluding hydrogens is 2180 g/mol. The highest BCUT2D eigenvalue weighted by Crippen LogP contribution is 2.71. The molecule has 807 valence electrons. The zero-order valence-electron chi connectivity index (χ0n) is 87.5. The lowest BCUT2D eigenvalue weighted by molar-refractivity contribution is -0.0472. The number of nitrogens with zero attached hydrogens (tertiary/aromatic N) is 1. The Kier molecular flexibility index (Phi) is 29.7. The number of benzene rings is 6. The van der Waals surface area contributed by atoms with Crippen LogP contribution in [0, 0.1) is 0 Å². The summed E-state index contributed by atoms with van der Waals surface area (Å²) in [5.74, 6) is 0. The van der Waals surface area contributed by atoms with Crippen molar-refractivity contribution in [2.75, 3.05) is 10.2 Å².